The first-order valence-corrected chi connectivity index (χ1v) is 8.94. The highest BCUT2D eigenvalue weighted by Gasteiger charge is 2.42. The van der Waals surface area contributed by atoms with Crippen molar-refractivity contribution in [3.63, 3.8) is 0 Å². The molecular formula is C20H29NO5. The Labute approximate surface area is 155 Å². The lowest BCUT2D eigenvalue weighted by Gasteiger charge is -2.35. The fourth-order valence-electron chi connectivity index (χ4n) is 3.18. The number of nitrogens with one attached hydrogen (secondary N) is 1. The second-order valence-corrected chi connectivity index (χ2v) is 7.68. The molecule has 0 unspecified atom stereocenters. The molecule has 1 N–H and O–H groups in total. The summed E-state index contributed by atoms with van der Waals surface area (Å²) < 4.78 is 15.8. The molecule has 0 aliphatic carbocycles. The van der Waals surface area contributed by atoms with E-state index in [0.29, 0.717) is 26.1 Å². The molecule has 2 rings (SSSR count). The molecule has 1 saturated heterocycles. The van der Waals surface area contributed by atoms with E-state index in [2.05, 4.69) is 5.32 Å². The molecule has 0 saturated carbocycles. The molecule has 1 atom stereocenters. The number of ether oxygens (including phenoxy) is 3. The summed E-state index contributed by atoms with van der Waals surface area (Å²) in [6, 6.07) is 7.52. The Hall–Kier alpha value is -2.08. The van der Waals surface area contributed by atoms with E-state index in [4.69, 9.17) is 14.2 Å². The number of esters is 1. The Morgan fingerprint density at radius 1 is 1.15 bits per heavy atom. The van der Waals surface area contributed by atoms with Crippen LogP contribution in [0.5, 0.6) is 0 Å². The number of rotatable bonds is 4. The highest BCUT2D eigenvalue weighted by Crippen LogP contribution is 2.36. The van der Waals surface area contributed by atoms with Gasteiger partial charge in [-0.2, -0.15) is 0 Å². The van der Waals surface area contributed by atoms with Crippen molar-refractivity contribution in [1.29, 1.82) is 0 Å². The minimum Gasteiger partial charge on any atom is -0.468 e. The summed E-state index contributed by atoms with van der Waals surface area (Å²) in [6.07, 6.45) is 0.750. The summed E-state index contributed by atoms with van der Waals surface area (Å²) in [4.78, 5) is 24.4. The van der Waals surface area contributed by atoms with E-state index >= 15 is 0 Å². The Bertz CT molecular complexity index is 627. The molecule has 0 spiro atoms. The fraction of sp³-hybridized carbons (Fsp3) is 0.600. The van der Waals surface area contributed by atoms with Crippen LogP contribution < -0.4 is 5.32 Å². The van der Waals surface area contributed by atoms with E-state index in [1.54, 1.807) is 0 Å². The van der Waals surface area contributed by atoms with Crippen molar-refractivity contribution in [3.05, 3.63) is 35.4 Å². The molecule has 0 radical (unpaired) electrons. The molecule has 1 aliphatic rings. The largest absolute Gasteiger partial charge is 0.468 e. The highest BCUT2D eigenvalue weighted by atomic mass is 16.6. The first-order chi connectivity index (χ1) is 12.2. The Morgan fingerprint density at radius 2 is 1.73 bits per heavy atom. The van der Waals surface area contributed by atoms with Crippen LogP contribution in [0.15, 0.2) is 24.3 Å². The maximum Gasteiger partial charge on any atom is 0.408 e. The number of methoxy groups -OCH3 is 1. The molecule has 0 bridgehead atoms. The first kappa shape index (κ1) is 20.2. The fourth-order valence-corrected chi connectivity index (χ4v) is 3.18. The van der Waals surface area contributed by atoms with Gasteiger partial charge in [0.2, 0.25) is 0 Å². The third-order valence-electron chi connectivity index (χ3n) is 4.62. The number of alkyl carbamates (subject to hydrolysis) is 1. The average Bonchev–Trinajstić information content (AvgIpc) is 2.60. The van der Waals surface area contributed by atoms with Crippen molar-refractivity contribution in [2.45, 2.75) is 57.6 Å². The number of carbonyl (C=O) groups is 2. The first-order valence-electron chi connectivity index (χ1n) is 8.94. The lowest BCUT2D eigenvalue weighted by Crippen LogP contribution is -2.42. The smallest absolute Gasteiger partial charge is 0.408 e. The number of benzene rings is 1. The van der Waals surface area contributed by atoms with Crippen LogP contribution in [0.2, 0.25) is 0 Å². The SMILES string of the molecule is COC(=O)C1(c2ccc([C@@H](C)NC(=O)OC(C)(C)C)cc2)CCOCC1. The van der Waals surface area contributed by atoms with Crippen molar-refractivity contribution >= 4 is 12.1 Å². The van der Waals surface area contributed by atoms with E-state index in [1.807, 2.05) is 52.0 Å². The summed E-state index contributed by atoms with van der Waals surface area (Å²) in [5.41, 5.74) is 0.657. The van der Waals surface area contributed by atoms with Crippen LogP contribution in [0, 0.1) is 0 Å². The lowest BCUT2D eigenvalue weighted by molar-refractivity contribution is -0.151. The third-order valence-corrected chi connectivity index (χ3v) is 4.62. The third kappa shape index (κ3) is 4.75. The van der Waals surface area contributed by atoms with E-state index in [9.17, 15) is 9.59 Å². The molecule has 1 aliphatic heterocycles. The van der Waals surface area contributed by atoms with Crippen LogP contribution >= 0.6 is 0 Å². The number of amides is 1. The monoisotopic (exact) mass is 363 g/mol. The van der Waals surface area contributed by atoms with Crippen LogP contribution in [0.3, 0.4) is 0 Å². The predicted molar refractivity (Wildman–Crippen MR) is 98.0 cm³/mol. The molecule has 0 aromatic heterocycles. The summed E-state index contributed by atoms with van der Waals surface area (Å²) in [5.74, 6) is -0.228. The Balaban J connectivity index is 2.13. The predicted octanol–water partition coefficient (Wildman–Crippen LogP) is 3.49. The van der Waals surface area contributed by atoms with Gasteiger partial charge in [0.1, 0.15) is 5.60 Å². The second-order valence-electron chi connectivity index (χ2n) is 7.68. The van der Waals surface area contributed by atoms with Crippen LogP contribution in [-0.4, -0.2) is 38.0 Å². The summed E-state index contributed by atoms with van der Waals surface area (Å²) >= 11 is 0. The highest BCUT2D eigenvalue weighted by molar-refractivity contribution is 5.83. The van der Waals surface area contributed by atoms with Gasteiger partial charge in [0.05, 0.1) is 18.6 Å². The second kappa shape index (κ2) is 8.08. The summed E-state index contributed by atoms with van der Waals surface area (Å²) in [7, 11) is 1.42. The molecule has 6 heteroatoms. The van der Waals surface area contributed by atoms with Gasteiger partial charge in [0, 0.05) is 13.2 Å². The molecule has 1 aromatic carbocycles. The van der Waals surface area contributed by atoms with Gasteiger partial charge in [-0.15, -0.1) is 0 Å². The molecule has 1 amide bonds. The van der Waals surface area contributed by atoms with Crippen molar-refractivity contribution < 1.29 is 23.8 Å². The van der Waals surface area contributed by atoms with Crippen molar-refractivity contribution in [2.75, 3.05) is 20.3 Å². The van der Waals surface area contributed by atoms with E-state index < -0.39 is 17.1 Å². The maximum absolute atomic E-state index is 12.4. The molecule has 26 heavy (non-hydrogen) atoms. The van der Waals surface area contributed by atoms with Crippen LogP contribution in [0.25, 0.3) is 0 Å². The minimum absolute atomic E-state index is 0.206. The Kier molecular flexibility index (Phi) is 6.29. The van der Waals surface area contributed by atoms with E-state index in [-0.39, 0.29) is 12.0 Å². The van der Waals surface area contributed by atoms with Crippen LogP contribution in [0.4, 0.5) is 4.79 Å². The van der Waals surface area contributed by atoms with Gasteiger partial charge in [-0.05, 0) is 51.7 Å². The van der Waals surface area contributed by atoms with Crippen LogP contribution in [-0.2, 0) is 24.4 Å². The average molecular weight is 363 g/mol. The molecule has 144 valence electrons. The van der Waals surface area contributed by atoms with Gasteiger partial charge < -0.3 is 19.5 Å². The quantitative estimate of drug-likeness (QED) is 0.829. The van der Waals surface area contributed by atoms with Gasteiger partial charge in [-0.3, -0.25) is 4.79 Å². The minimum atomic E-state index is -0.659. The van der Waals surface area contributed by atoms with E-state index in [0.717, 1.165) is 11.1 Å². The molecule has 1 heterocycles. The van der Waals surface area contributed by atoms with Crippen molar-refractivity contribution in [1.82, 2.24) is 5.32 Å². The van der Waals surface area contributed by atoms with E-state index in [1.165, 1.54) is 7.11 Å². The van der Waals surface area contributed by atoms with Crippen molar-refractivity contribution in [2.24, 2.45) is 0 Å². The van der Waals surface area contributed by atoms with Gasteiger partial charge in [-0.25, -0.2) is 4.79 Å². The normalized spacial score (nSPS) is 17.9. The zero-order valence-electron chi connectivity index (χ0n) is 16.3. The molecular weight excluding hydrogens is 334 g/mol. The topological polar surface area (TPSA) is 73.9 Å². The number of hydrogen-bond donors (Lipinski definition) is 1. The van der Waals surface area contributed by atoms with Gasteiger partial charge in [0.15, 0.2) is 0 Å². The number of hydrogen-bond acceptors (Lipinski definition) is 5. The van der Waals surface area contributed by atoms with Crippen LogP contribution in [0.1, 0.15) is 57.7 Å². The zero-order valence-corrected chi connectivity index (χ0v) is 16.3. The van der Waals surface area contributed by atoms with Gasteiger partial charge >= 0.3 is 12.1 Å². The Morgan fingerprint density at radius 3 is 2.23 bits per heavy atom. The lowest BCUT2D eigenvalue weighted by atomic mass is 9.74. The summed E-state index contributed by atoms with van der Waals surface area (Å²) in [5, 5.41) is 2.82. The molecule has 1 fully saturated rings. The molecule has 6 nitrogen and oxygen atoms in total. The maximum atomic E-state index is 12.4. The van der Waals surface area contributed by atoms with Crippen molar-refractivity contribution in [3.8, 4) is 0 Å². The standard InChI is InChI=1S/C20H29NO5/c1-14(21-18(23)26-19(2,3)4)15-6-8-16(9-7-15)20(17(22)24-5)10-12-25-13-11-20/h6-9,14H,10-13H2,1-5H3,(H,21,23)/t14-/m1/s1. The molecule has 1 aromatic rings. The summed E-state index contributed by atoms with van der Waals surface area (Å²) in [6.45, 7) is 8.44. The van der Waals surface area contributed by atoms with Gasteiger partial charge in [-0.1, -0.05) is 24.3 Å². The number of carbonyl (C=O) groups excluding carboxylic acids is 2. The van der Waals surface area contributed by atoms with Gasteiger partial charge in [0.25, 0.3) is 0 Å². The zero-order chi connectivity index (χ0) is 19.4.